The van der Waals surface area contributed by atoms with Crippen molar-refractivity contribution in [3.8, 4) is 0 Å². The standard InChI is InChI=1S/C27H34N3O3P.C6H14/c1-2-3-4-6-11-23-18-30(27(23)34)24(31)16-17-29-26(32)22-14-12-20(13-15-22)19-33-25(28)21-9-7-5-8-10-21;1-3-5-6-4-2/h5,7-10,12-15,23,28,34H,2-4,6,11,16-19H2,1H3,(H,29,32);3-6H2,1-2H3/t23-;/m1./s1. The molecule has 0 radical (unpaired) electrons. The van der Waals surface area contributed by atoms with Crippen LogP contribution in [0, 0.1) is 11.3 Å². The van der Waals surface area contributed by atoms with Crippen LogP contribution in [0.15, 0.2) is 54.6 Å². The van der Waals surface area contributed by atoms with Crippen molar-refractivity contribution in [3.05, 3.63) is 71.3 Å². The number of carbonyl (C=O) groups is 2. The molecule has 2 aromatic carbocycles. The van der Waals surface area contributed by atoms with Crippen molar-refractivity contribution in [1.29, 1.82) is 5.41 Å². The first-order valence-electron chi connectivity index (χ1n) is 14.9. The van der Waals surface area contributed by atoms with Gasteiger partial charge in [-0.2, -0.15) is 0 Å². The first-order chi connectivity index (χ1) is 19.4. The van der Waals surface area contributed by atoms with Crippen molar-refractivity contribution < 1.29 is 14.3 Å². The summed E-state index contributed by atoms with van der Waals surface area (Å²) in [5, 5.41) is 10.8. The smallest absolute Gasteiger partial charge is 0.251 e. The third-order valence-electron chi connectivity index (χ3n) is 7.00. The maximum atomic E-state index is 12.4. The van der Waals surface area contributed by atoms with E-state index in [1.165, 1.54) is 51.4 Å². The normalized spacial score (nSPS) is 14.0. The van der Waals surface area contributed by atoms with Crippen LogP contribution in [0.2, 0.25) is 0 Å². The summed E-state index contributed by atoms with van der Waals surface area (Å²) in [5.74, 6) is 0.382. The Morgan fingerprint density at radius 2 is 1.52 bits per heavy atom. The first-order valence-corrected chi connectivity index (χ1v) is 15.4. The second-order valence-electron chi connectivity index (χ2n) is 10.3. The zero-order valence-electron chi connectivity index (χ0n) is 24.6. The topological polar surface area (TPSA) is 82.5 Å². The van der Waals surface area contributed by atoms with Crippen LogP contribution < -0.4 is 5.32 Å². The predicted octanol–water partition coefficient (Wildman–Crippen LogP) is 7.64. The highest BCUT2D eigenvalue weighted by molar-refractivity contribution is 7.21. The van der Waals surface area contributed by atoms with Gasteiger partial charge < -0.3 is 15.0 Å². The van der Waals surface area contributed by atoms with E-state index in [2.05, 4.69) is 35.0 Å². The molecule has 7 heteroatoms. The lowest BCUT2D eigenvalue weighted by Gasteiger charge is -2.41. The van der Waals surface area contributed by atoms with Crippen LogP contribution in [0.4, 0.5) is 0 Å². The number of hydrogen-bond donors (Lipinski definition) is 2. The summed E-state index contributed by atoms with van der Waals surface area (Å²) in [6.07, 6.45) is 11.9. The molecule has 0 saturated carbocycles. The molecule has 2 N–H and O–H groups in total. The van der Waals surface area contributed by atoms with E-state index < -0.39 is 0 Å². The highest BCUT2D eigenvalue weighted by Crippen LogP contribution is 2.26. The molecule has 1 aliphatic heterocycles. The van der Waals surface area contributed by atoms with Crippen LogP contribution in [0.3, 0.4) is 0 Å². The van der Waals surface area contributed by atoms with Crippen molar-refractivity contribution in [2.45, 2.75) is 91.6 Å². The van der Waals surface area contributed by atoms with E-state index >= 15 is 0 Å². The maximum Gasteiger partial charge on any atom is 0.251 e. The number of amides is 2. The van der Waals surface area contributed by atoms with Crippen LogP contribution in [0.25, 0.3) is 0 Å². The minimum Gasteiger partial charge on any atom is -0.473 e. The molecule has 1 heterocycles. The minimum absolute atomic E-state index is 0.0310. The lowest BCUT2D eigenvalue weighted by atomic mass is 9.92. The van der Waals surface area contributed by atoms with Gasteiger partial charge in [-0.05, 0) is 36.2 Å². The Bertz CT molecular complexity index is 1050. The van der Waals surface area contributed by atoms with Gasteiger partial charge in [0.15, 0.2) is 0 Å². The second-order valence-corrected chi connectivity index (χ2v) is 10.8. The number of unbranched alkanes of at least 4 members (excludes halogenated alkanes) is 6. The highest BCUT2D eigenvalue weighted by Gasteiger charge is 2.34. The van der Waals surface area contributed by atoms with Gasteiger partial charge in [0.05, 0.1) is 0 Å². The summed E-state index contributed by atoms with van der Waals surface area (Å²) in [6.45, 7) is 7.99. The molecule has 0 bridgehead atoms. The van der Waals surface area contributed by atoms with Crippen molar-refractivity contribution in [2.24, 2.45) is 5.92 Å². The average molecular weight is 566 g/mol. The number of rotatable bonds is 15. The summed E-state index contributed by atoms with van der Waals surface area (Å²) in [6, 6.07) is 16.3. The lowest BCUT2D eigenvalue weighted by molar-refractivity contribution is -0.129. The van der Waals surface area contributed by atoms with E-state index in [0.717, 1.165) is 29.5 Å². The number of nitrogens with one attached hydrogen (secondary N) is 2. The number of ether oxygens (including phenoxy) is 1. The van der Waals surface area contributed by atoms with Crippen LogP contribution in [0.5, 0.6) is 0 Å². The molecule has 0 unspecified atom stereocenters. The van der Waals surface area contributed by atoms with E-state index in [9.17, 15) is 9.59 Å². The van der Waals surface area contributed by atoms with Crippen molar-refractivity contribution in [3.63, 3.8) is 0 Å². The Morgan fingerprint density at radius 1 is 0.900 bits per heavy atom. The fourth-order valence-electron chi connectivity index (χ4n) is 4.40. The quantitative estimate of drug-likeness (QED) is 0.101. The summed E-state index contributed by atoms with van der Waals surface area (Å²) in [7, 11) is 3.63. The minimum atomic E-state index is -0.211. The van der Waals surface area contributed by atoms with Gasteiger partial charge in [-0.25, -0.2) is 0 Å². The molecule has 1 atom stereocenters. The predicted molar refractivity (Wildman–Crippen MR) is 169 cm³/mol. The Kier molecular flexibility index (Phi) is 15.9. The van der Waals surface area contributed by atoms with E-state index in [-0.39, 0.29) is 30.7 Å². The van der Waals surface area contributed by atoms with E-state index in [1.807, 2.05) is 42.5 Å². The molecule has 0 aromatic heterocycles. The van der Waals surface area contributed by atoms with Crippen molar-refractivity contribution >= 4 is 32.0 Å². The Balaban J connectivity index is 0.000000840. The largest absolute Gasteiger partial charge is 0.473 e. The zero-order valence-corrected chi connectivity index (χ0v) is 25.6. The van der Waals surface area contributed by atoms with Crippen LogP contribution >= 0.6 is 8.86 Å². The van der Waals surface area contributed by atoms with Crippen LogP contribution in [-0.2, 0) is 16.1 Å². The summed E-state index contributed by atoms with van der Waals surface area (Å²) in [4.78, 5) is 26.6. The number of likely N-dealkylation sites (tertiary alicyclic amines) is 1. The van der Waals surface area contributed by atoms with E-state index in [4.69, 9.17) is 10.1 Å². The molecule has 6 nitrogen and oxygen atoms in total. The zero-order chi connectivity index (χ0) is 29.2. The SMILES string of the molecule is CCCCCC.CCCCCC[C@@H]1CN(C(=O)CCNC(=O)c2ccc(COC(=N)c3ccccc3)cc2)C1=P. The van der Waals surface area contributed by atoms with Gasteiger partial charge >= 0.3 is 0 Å². The van der Waals surface area contributed by atoms with Crippen LogP contribution in [0.1, 0.15) is 106 Å². The van der Waals surface area contributed by atoms with Crippen LogP contribution in [-0.4, -0.2) is 41.1 Å². The van der Waals surface area contributed by atoms with Gasteiger partial charge in [0.25, 0.3) is 5.91 Å². The number of hydrogen-bond acceptors (Lipinski definition) is 4. The fraction of sp³-hybridized carbons (Fsp3) is 0.515. The molecule has 2 amide bonds. The summed E-state index contributed by atoms with van der Waals surface area (Å²) < 4.78 is 5.53. The molecular formula is C33H48N3O3P. The van der Waals surface area contributed by atoms with Gasteiger partial charge in [0.1, 0.15) is 6.61 Å². The monoisotopic (exact) mass is 565 g/mol. The molecule has 1 aliphatic rings. The third-order valence-corrected chi connectivity index (χ3v) is 7.68. The molecule has 3 rings (SSSR count). The molecule has 40 heavy (non-hydrogen) atoms. The second kappa shape index (κ2) is 19.2. The van der Waals surface area contributed by atoms with E-state index in [1.54, 1.807) is 17.0 Å². The molecule has 0 spiro atoms. The van der Waals surface area contributed by atoms with E-state index in [0.29, 0.717) is 18.0 Å². The fourth-order valence-corrected chi connectivity index (χ4v) is 4.85. The highest BCUT2D eigenvalue weighted by atomic mass is 31.0. The number of nitrogens with zero attached hydrogens (tertiary/aromatic N) is 1. The lowest BCUT2D eigenvalue weighted by Crippen LogP contribution is -2.54. The molecule has 218 valence electrons. The summed E-state index contributed by atoms with van der Waals surface area (Å²) >= 11 is 0. The number of carbonyl (C=O) groups excluding carboxylic acids is 2. The Labute approximate surface area is 243 Å². The van der Waals surface area contributed by atoms with Gasteiger partial charge in [0, 0.05) is 42.0 Å². The maximum absolute atomic E-state index is 12.4. The Hall–Kier alpha value is -2.98. The van der Waals surface area contributed by atoms with Crippen molar-refractivity contribution in [1.82, 2.24) is 10.2 Å². The third kappa shape index (κ3) is 11.6. The van der Waals surface area contributed by atoms with Gasteiger partial charge in [-0.3, -0.25) is 15.0 Å². The molecular weight excluding hydrogens is 517 g/mol. The summed E-state index contributed by atoms with van der Waals surface area (Å²) in [5.41, 5.74) is 3.09. The molecule has 1 saturated heterocycles. The van der Waals surface area contributed by atoms with Gasteiger partial charge in [-0.1, -0.05) is 111 Å². The van der Waals surface area contributed by atoms with Gasteiger partial charge in [0.2, 0.25) is 11.8 Å². The molecule has 1 fully saturated rings. The molecule has 2 aromatic rings. The first kappa shape index (κ1) is 33.2. The van der Waals surface area contributed by atoms with Crippen molar-refractivity contribution in [2.75, 3.05) is 13.1 Å². The molecule has 0 aliphatic carbocycles. The average Bonchev–Trinajstić information content (AvgIpc) is 2.98. The number of benzene rings is 2. The van der Waals surface area contributed by atoms with Gasteiger partial charge in [-0.15, -0.1) is 0 Å². The Morgan fingerprint density at radius 3 is 2.12 bits per heavy atom.